The Bertz CT molecular complexity index is 465. The molecular formula is C10H10N2O2S2. The van der Waals surface area contributed by atoms with Crippen LogP contribution in [-0.4, -0.2) is 5.91 Å². The van der Waals surface area contributed by atoms with Crippen molar-refractivity contribution >= 4 is 29.0 Å². The number of hydrogen-bond acceptors (Lipinski definition) is 5. The lowest BCUT2D eigenvalue weighted by Crippen LogP contribution is -2.30. The predicted molar refractivity (Wildman–Crippen MR) is 64.2 cm³/mol. The summed E-state index contributed by atoms with van der Waals surface area (Å²) in [6.45, 7) is 0. The molecule has 0 radical (unpaired) electrons. The van der Waals surface area contributed by atoms with Crippen LogP contribution < -0.4 is 11.3 Å². The fourth-order valence-corrected chi connectivity index (χ4v) is 2.97. The number of carbonyl (C=O) groups excluding carboxylic acids is 1. The molecule has 1 amide bonds. The first kappa shape index (κ1) is 11.3. The molecule has 0 spiro atoms. The molecule has 0 unspecified atom stereocenters. The topological polar surface area (TPSA) is 68.3 Å². The van der Waals surface area contributed by atoms with E-state index < -0.39 is 5.91 Å². The molecule has 2 rings (SSSR count). The van der Waals surface area contributed by atoms with E-state index in [-0.39, 0.29) is 5.76 Å². The Morgan fingerprint density at radius 1 is 1.56 bits per heavy atom. The normalized spacial score (nSPS) is 10.3. The summed E-state index contributed by atoms with van der Waals surface area (Å²) < 4.78 is 6.29. The highest BCUT2D eigenvalue weighted by molar-refractivity contribution is 8.00. The fourth-order valence-electron chi connectivity index (χ4n) is 1.21. The minimum atomic E-state index is -0.397. The van der Waals surface area contributed by atoms with Crippen molar-refractivity contribution in [1.29, 1.82) is 0 Å². The van der Waals surface area contributed by atoms with E-state index in [1.807, 2.05) is 17.5 Å². The zero-order chi connectivity index (χ0) is 11.4. The summed E-state index contributed by atoms with van der Waals surface area (Å²) in [6, 6.07) is 5.82. The number of amides is 1. The van der Waals surface area contributed by atoms with E-state index in [0.717, 1.165) is 5.56 Å². The number of nitrogens with one attached hydrogen (secondary N) is 1. The molecule has 0 aliphatic heterocycles. The summed E-state index contributed by atoms with van der Waals surface area (Å²) in [7, 11) is 0. The first-order valence-corrected chi connectivity index (χ1v) is 6.41. The van der Waals surface area contributed by atoms with E-state index in [0.29, 0.717) is 5.75 Å². The number of nitrogen functional groups attached to an aromatic ring is 1. The van der Waals surface area contributed by atoms with E-state index in [9.17, 15) is 4.79 Å². The lowest BCUT2D eigenvalue weighted by atomic mass is 10.3. The van der Waals surface area contributed by atoms with Gasteiger partial charge in [0.25, 0.3) is 0 Å². The zero-order valence-corrected chi connectivity index (χ0v) is 9.94. The monoisotopic (exact) mass is 254 g/mol. The SMILES string of the molecule is NNC(=O)c1occc1CSc1cccs1. The van der Waals surface area contributed by atoms with Crippen molar-refractivity contribution in [2.75, 3.05) is 0 Å². The fraction of sp³-hybridized carbons (Fsp3) is 0.100. The second kappa shape index (κ2) is 5.20. The molecule has 0 aromatic carbocycles. The Morgan fingerprint density at radius 3 is 3.12 bits per heavy atom. The first-order chi connectivity index (χ1) is 7.81. The van der Waals surface area contributed by atoms with Crippen LogP contribution in [0.1, 0.15) is 16.1 Å². The Balaban J connectivity index is 2.04. The van der Waals surface area contributed by atoms with Gasteiger partial charge in [0.1, 0.15) is 0 Å². The van der Waals surface area contributed by atoms with Gasteiger partial charge in [-0.3, -0.25) is 10.2 Å². The number of hydrogen-bond donors (Lipinski definition) is 2. The second-order valence-corrected chi connectivity index (χ2v) is 5.19. The van der Waals surface area contributed by atoms with Gasteiger partial charge in [-0.25, -0.2) is 5.84 Å². The molecule has 3 N–H and O–H groups in total. The summed E-state index contributed by atoms with van der Waals surface area (Å²) in [5, 5.41) is 2.02. The standard InChI is InChI=1S/C10H10N2O2S2/c11-12-10(13)9-7(3-4-14-9)6-16-8-2-1-5-15-8/h1-5H,6,11H2,(H,12,13). The van der Waals surface area contributed by atoms with Crippen molar-refractivity contribution in [3.63, 3.8) is 0 Å². The minimum Gasteiger partial charge on any atom is -0.459 e. The van der Waals surface area contributed by atoms with E-state index in [2.05, 4.69) is 5.43 Å². The number of furan rings is 1. The van der Waals surface area contributed by atoms with Gasteiger partial charge in [0.15, 0.2) is 5.76 Å². The van der Waals surface area contributed by atoms with Crippen LogP contribution >= 0.6 is 23.1 Å². The molecule has 0 aliphatic carbocycles. The van der Waals surface area contributed by atoms with Crippen LogP contribution in [-0.2, 0) is 5.75 Å². The largest absolute Gasteiger partial charge is 0.459 e. The lowest BCUT2D eigenvalue weighted by Gasteiger charge is -1.99. The van der Waals surface area contributed by atoms with Gasteiger partial charge < -0.3 is 4.42 Å². The summed E-state index contributed by atoms with van der Waals surface area (Å²) in [5.41, 5.74) is 2.91. The zero-order valence-electron chi connectivity index (χ0n) is 8.30. The third-order valence-electron chi connectivity index (χ3n) is 1.95. The lowest BCUT2D eigenvalue weighted by molar-refractivity contribution is 0.0925. The highest BCUT2D eigenvalue weighted by atomic mass is 32.2. The number of thioether (sulfide) groups is 1. The van der Waals surface area contributed by atoms with E-state index in [1.54, 1.807) is 29.2 Å². The predicted octanol–water partition coefficient (Wildman–Crippen LogP) is 2.24. The second-order valence-electron chi connectivity index (χ2n) is 2.97. The van der Waals surface area contributed by atoms with E-state index >= 15 is 0 Å². The van der Waals surface area contributed by atoms with Gasteiger partial charge in [-0.2, -0.15) is 0 Å². The third-order valence-corrected chi connectivity index (χ3v) is 4.13. The van der Waals surface area contributed by atoms with Crippen LogP contribution in [0.4, 0.5) is 0 Å². The molecule has 0 saturated carbocycles. The van der Waals surface area contributed by atoms with Gasteiger partial charge in [0.2, 0.25) is 0 Å². The summed E-state index contributed by atoms with van der Waals surface area (Å²) in [4.78, 5) is 11.3. The summed E-state index contributed by atoms with van der Waals surface area (Å²) in [6.07, 6.45) is 1.49. The molecule has 0 saturated heterocycles. The Morgan fingerprint density at radius 2 is 2.44 bits per heavy atom. The van der Waals surface area contributed by atoms with Gasteiger partial charge in [-0.05, 0) is 17.5 Å². The maximum atomic E-state index is 11.3. The highest BCUT2D eigenvalue weighted by Crippen LogP contribution is 2.28. The van der Waals surface area contributed by atoms with Crippen LogP contribution in [0.3, 0.4) is 0 Å². The molecule has 2 aromatic heterocycles. The summed E-state index contributed by atoms with van der Waals surface area (Å²) in [5.74, 6) is 5.64. The molecule has 0 atom stereocenters. The van der Waals surface area contributed by atoms with Crippen molar-refractivity contribution in [3.8, 4) is 0 Å². The van der Waals surface area contributed by atoms with Crippen LogP contribution in [0.15, 0.2) is 38.5 Å². The first-order valence-electron chi connectivity index (χ1n) is 4.55. The van der Waals surface area contributed by atoms with Gasteiger partial charge in [0.05, 0.1) is 10.5 Å². The molecule has 0 bridgehead atoms. The van der Waals surface area contributed by atoms with Gasteiger partial charge >= 0.3 is 5.91 Å². The van der Waals surface area contributed by atoms with Gasteiger partial charge in [-0.1, -0.05) is 6.07 Å². The van der Waals surface area contributed by atoms with E-state index in [4.69, 9.17) is 10.3 Å². The number of hydrazine groups is 1. The van der Waals surface area contributed by atoms with Crippen LogP contribution in [0.25, 0.3) is 0 Å². The molecule has 0 fully saturated rings. The van der Waals surface area contributed by atoms with Crippen molar-refractivity contribution in [2.45, 2.75) is 9.96 Å². The average molecular weight is 254 g/mol. The van der Waals surface area contributed by atoms with Gasteiger partial charge in [0, 0.05) is 11.3 Å². The van der Waals surface area contributed by atoms with Crippen LogP contribution in [0.5, 0.6) is 0 Å². The molecule has 6 heteroatoms. The molecule has 0 aliphatic rings. The third kappa shape index (κ3) is 2.46. The van der Waals surface area contributed by atoms with Crippen LogP contribution in [0, 0.1) is 0 Å². The molecule has 2 aromatic rings. The van der Waals surface area contributed by atoms with Crippen LogP contribution in [0.2, 0.25) is 0 Å². The van der Waals surface area contributed by atoms with Crippen molar-refractivity contribution in [2.24, 2.45) is 5.84 Å². The quantitative estimate of drug-likeness (QED) is 0.380. The van der Waals surface area contributed by atoms with Crippen molar-refractivity contribution in [3.05, 3.63) is 41.2 Å². The average Bonchev–Trinajstić information content (AvgIpc) is 2.96. The Kier molecular flexibility index (Phi) is 3.66. The van der Waals surface area contributed by atoms with Crippen molar-refractivity contribution < 1.29 is 9.21 Å². The number of rotatable bonds is 4. The maximum Gasteiger partial charge on any atom is 0.301 e. The molecule has 16 heavy (non-hydrogen) atoms. The Hall–Kier alpha value is -1.24. The minimum absolute atomic E-state index is 0.284. The number of carbonyl (C=O) groups is 1. The molecular weight excluding hydrogens is 244 g/mol. The molecule has 84 valence electrons. The Labute approximate surface area is 101 Å². The smallest absolute Gasteiger partial charge is 0.301 e. The molecule has 2 heterocycles. The number of thiophene rings is 1. The summed E-state index contributed by atoms with van der Waals surface area (Å²) >= 11 is 3.34. The van der Waals surface area contributed by atoms with E-state index in [1.165, 1.54) is 10.5 Å². The van der Waals surface area contributed by atoms with Crippen molar-refractivity contribution in [1.82, 2.24) is 5.43 Å². The highest BCUT2D eigenvalue weighted by Gasteiger charge is 2.14. The van der Waals surface area contributed by atoms with Gasteiger partial charge in [-0.15, -0.1) is 23.1 Å². The molecule has 4 nitrogen and oxygen atoms in total. The maximum absolute atomic E-state index is 11.3. The number of nitrogens with two attached hydrogens (primary N) is 1.